The van der Waals surface area contributed by atoms with Crippen LogP contribution in [-0.2, 0) is 11.3 Å². The molecule has 1 aliphatic heterocycles. The van der Waals surface area contributed by atoms with Gasteiger partial charge in [0, 0.05) is 43.3 Å². The van der Waals surface area contributed by atoms with Gasteiger partial charge < -0.3 is 10.2 Å². The number of phenols is 1. The Morgan fingerprint density at radius 3 is 2.55 bits per heavy atom. The van der Waals surface area contributed by atoms with Crippen molar-refractivity contribution in [2.45, 2.75) is 19.5 Å². The number of hydrogen-bond donors (Lipinski definition) is 2. The van der Waals surface area contributed by atoms with Gasteiger partial charge in [-0.1, -0.05) is 17.7 Å². The quantitative estimate of drug-likeness (QED) is 0.885. The monoisotopic (exact) mass is 298 g/mol. The second-order valence-corrected chi connectivity index (χ2v) is 5.47. The highest BCUT2D eigenvalue weighted by molar-refractivity contribution is 6.31. The van der Waals surface area contributed by atoms with Crippen LogP contribution in [0.4, 0.5) is 0 Å². The third-order valence-electron chi connectivity index (χ3n) is 3.79. The predicted molar refractivity (Wildman–Crippen MR) is 77.1 cm³/mol. The molecule has 1 unspecified atom stereocenters. The van der Waals surface area contributed by atoms with Crippen molar-refractivity contribution in [3.8, 4) is 5.75 Å². The third-order valence-corrected chi connectivity index (χ3v) is 4.14. The molecule has 20 heavy (non-hydrogen) atoms. The fourth-order valence-corrected chi connectivity index (χ4v) is 2.62. The van der Waals surface area contributed by atoms with E-state index in [0.29, 0.717) is 24.7 Å². The lowest BCUT2D eigenvalue weighted by molar-refractivity contribution is -0.143. The first-order valence-electron chi connectivity index (χ1n) is 6.64. The van der Waals surface area contributed by atoms with Gasteiger partial charge in [0.25, 0.3) is 0 Å². The number of aromatic hydroxyl groups is 1. The topological polar surface area (TPSA) is 64.0 Å². The number of aliphatic carboxylic acids is 1. The molecule has 0 radical (unpaired) electrons. The second-order valence-electron chi connectivity index (χ2n) is 5.06. The van der Waals surface area contributed by atoms with Crippen LogP contribution < -0.4 is 0 Å². The van der Waals surface area contributed by atoms with Crippen molar-refractivity contribution in [3.05, 3.63) is 28.8 Å². The van der Waals surface area contributed by atoms with E-state index in [4.69, 9.17) is 16.7 Å². The Balaban J connectivity index is 1.93. The molecule has 0 aliphatic carbocycles. The molecule has 0 saturated carbocycles. The molecule has 2 rings (SSSR count). The van der Waals surface area contributed by atoms with Gasteiger partial charge in [0.1, 0.15) is 11.8 Å². The number of carbonyl (C=O) groups is 1. The van der Waals surface area contributed by atoms with E-state index in [2.05, 4.69) is 4.90 Å². The molecule has 1 heterocycles. The molecular weight excluding hydrogens is 280 g/mol. The Labute approximate surface area is 123 Å². The Morgan fingerprint density at radius 1 is 1.35 bits per heavy atom. The third kappa shape index (κ3) is 3.42. The molecule has 5 nitrogen and oxygen atoms in total. The molecule has 1 aromatic carbocycles. The van der Waals surface area contributed by atoms with E-state index in [0.717, 1.165) is 18.7 Å². The van der Waals surface area contributed by atoms with Gasteiger partial charge in [0.05, 0.1) is 0 Å². The zero-order valence-electron chi connectivity index (χ0n) is 11.4. The summed E-state index contributed by atoms with van der Waals surface area (Å²) in [6, 6.07) is 4.66. The minimum absolute atomic E-state index is 0.207. The largest absolute Gasteiger partial charge is 0.508 e. The number of nitrogens with zero attached hydrogens (tertiary/aromatic N) is 2. The molecule has 110 valence electrons. The average molecular weight is 299 g/mol. The van der Waals surface area contributed by atoms with Gasteiger partial charge in [0.15, 0.2) is 0 Å². The van der Waals surface area contributed by atoms with Gasteiger partial charge in [-0.05, 0) is 19.1 Å². The maximum Gasteiger partial charge on any atom is 0.320 e. The van der Waals surface area contributed by atoms with Crippen LogP contribution in [0.2, 0.25) is 5.02 Å². The minimum atomic E-state index is -0.790. The minimum Gasteiger partial charge on any atom is -0.508 e. The van der Waals surface area contributed by atoms with Crippen molar-refractivity contribution in [2.75, 3.05) is 26.2 Å². The molecule has 0 spiro atoms. The second kappa shape index (κ2) is 6.43. The summed E-state index contributed by atoms with van der Waals surface area (Å²) >= 11 is 6.09. The highest BCUT2D eigenvalue weighted by atomic mass is 35.5. The fourth-order valence-electron chi connectivity index (χ4n) is 2.39. The number of piperazine rings is 1. The smallest absolute Gasteiger partial charge is 0.320 e. The lowest BCUT2D eigenvalue weighted by Crippen LogP contribution is -2.51. The van der Waals surface area contributed by atoms with Crippen molar-refractivity contribution in [1.82, 2.24) is 9.80 Å². The lowest BCUT2D eigenvalue weighted by Gasteiger charge is -2.36. The van der Waals surface area contributed by atoms with Gasteiger partial charge in [0.2, 0.25) is 0 Å². The molecule has 1 aromatic rings. The molecule has 0 amide bonds. The van der Waals surface area contributed by atoms with Crippen LogP contribution in [-0.4, -0.2) is 58.2 Å². The Bertz CT molecular complexity index is 467. The van der Waals surface area contributed by atoms with Gasteiger partial charge in [-0.15, -0.1) is 0 Å². The van der Waals surface area contributed by atoms with E-state index >= 15 is 0 Å². The first-order chi connectivity index (χ1) is 9.49. The van der Waals surface area contributed by atoms with E-state index < -0.39 is 12.0 Å². The SMILES string of the molecule is CC(C(=O)O)N1CCN(Cc2c(O)cccc2Cl)CC1. The van der Waals surface area contributed by atoms with Crippen LogP contribution in [0.3, 0.4) is 0 Å². The zero-order valence-corrected chi connectivity index (χ0v) is 12.2. The average Bonchev–Trinajstić information content (AvgIpc) is 2.43. The first kappa shape index (κ1) is 15.1. The van der Waals surface area contributed by atoms with Crippen LogP contribution in [0, 0.1) is 0 Å². The maximum atomic E-state index is 11.0. The number of benzene rings is 1. The van der Waals surface area contributed by atoms with Crippen molar-refractivity contribution in [2.24, 2.45) is 0 Å². The summed E-state index contributed by atoms with van der Waals surface area (Å²) in [6.45, 7) is 5.24. The zero-order chi connectivity index (χ0) is 14.7. The first-order valence-corrected chi connectivity index (χ1v) is 7.02. The Hall–Kier alpha value is -1.30. The van der Waals surface area contributed by atoms with E-state index in [1.807, 2.05) is 4.90 Å². The number of carboxylic acid groups (broad SMARTS) is 1. The van der Waals surface area contributed by atoms with Gasteiger partial charge in [-0.25, -0.2) is 0 Å². The van der Waals surface area contributed by atoms with E-state index in [9.17, 15) is 9.90 Å². The number of halogens is 1. The van der Waals surface area contributed by atoms with Crippen LogP contribution >= 0.6 is 11.6 Å². The Morgan fingerprint density at radius 2 is 2.00 bits per heavy atom. The lowest BCUT2D eigenvalue weighted by atomic mass is 10.1. The molecule has 1 atom stereocenters. The number of rotatable bonds is 4. The van der Waals surface area contributed by atoms with Gasteiger partial charge in [-0.3, -0.25) is 14.6 Å². The van der Waals surface area contributed by atoms with Crippen LogP contribution in [0.25, 0.3) is 0 Å². The molecule has 0 aromatic heterocycles. The van der Waals surface area contributed by atoms with Gasteiger partial charge in [-0.2, -0.15) is 0 Å². The molecule has 1 aliphatic rings. The summed E-state index contributed by atoms with van der Waals surface area (Å²) in [5, 5.41) is 19.4. The van der Waals surface area contributed by atoms with E-state index in [1.165, 1.54) is 0 Å². The highest BCUT2D eigenvalue weighted by Gasteiger charge is 2.25. The molecule has 2 N–H and O–H groups in total. The standard InChI is InChI=1S/C14H19ClN2O3/c1-10(14(19)20)17-7-5-16(6-8-17)9-11-12(15)3-2-4-13(11)18/h2-4,10,18H,5-9H2,1H3,(H,19,20). The maximum absolute atomic E-state index is 11.0. The molecule has 0 bridgehead atoms. The molecule has 1 saturated heterocycles. The van der Waals surface area contributed by atoms with Crippen LogP contribution in [0.5, 0.6) is 5.75 Å². The van der Waals surface area contributed by atoms with E-state index in [1.54, 1.807) is 25.1 Å². The van der Waals surface area contributed by atoms with Crippen LogP contribution in [0.1, 0.15) is 12.5 Å². The highest BCUT2D eigenvalue weighted by Crippen LogP contribution is 2.27. The Kier molecular flexibility index (Phi) is 4.86. The summed E-state index contributed by atoms with van der Waals surface area (Å²) in [5.74, 6) is -0.582. The van der Waals surface area contributed by atoms with E-state index in [-0.39, 0.29) is 5.75 Å². The predicted octanol–water partition coefficient (Wildman–Crippen LogP) is 1.64. The summed E-state index contributed by atoms with van der Waals surface area (Å²) in [6.07, 6.45) is 0. The summed E-state index contributed by atoms with van der Waals surface area (Å²) in [7, 11) is 0. The normalized spacial score (nSPS) is 18.9. The van der Waals surface area contributed by atoms with Crippen molar-refractivity contribution < 1.29 is 15.0 Å². The number of phenolic OH excluding ortho intramolecular Hbond substituents is 1. The fraction of sp³-hybridized carbons (Fsp3) is 0.500. The summed E-state index contributed by atoms with van der Waals surface area (Å²) in [5.41, 5.74) is 0.730. The van der Waals surface area contributed by atoms with Crippen molar-refractivity contribution in [3.63, 3.8) is 0 Å². The van der Waals surface area contributed by atoms with Crippen molar-refractivity contribution >= 4 is 17.6 Å². The van der Waals surface area contributed by atoms with Crippen molar-refractivity contribution in [1.29, 1.82) is 0 Å². The number of hydrogen-bond acceptors (Lipinski definition) is 4. The molecule has 1 fully saturated rings. The molecule has 6 heteroatoms. The number of carboxylic acids is 1. The van der Waals surface area contributed by atoms with Gasteiger partial charge >= 0.3 is 5.97 Å². The van der Waals surface area contributed by atoms with Crippen LogP contribution in [0.15, 0.2) is 18.2 Å². The summed E-state index contributed by atoms with van der Waals surface area (Å²) in [4.78, 5) is 15.1. The summed E-state index contributed by atoms with van der Waals surface area (Å²) < 4.78 is 0. The molecular formula is C14H19ClN2O3.